The number of hydrogen-bond donors (Lipinski definition) is 1. The molecule has 1 amide bonds. The largest absolute Gasteiger partial charge is 0.368 e. The van der Waals surface area contributed by atoms with Gasteiger partial charge >= 0.3 is 5.69 Å². The van der Waals surface area contributed by atoms with Gasteiger partial charge in [0.2, 0.25) is 5.91 Å². The lowest BCUT2D eigenvalue weighted by molar-refractivity contribution is -0.118. The number of halogens is 1. The first kappa shape index (κ1) is 18.9. The smallest absolute Gasteiger partial charge is 0.337 e. The molecule has 146 valence electrons. The number of hydrogen-bond acceptors (Lipinski definition) is 5. The summed E-state index contributed by atoms with van der Waals surface area (Å²) in [4.78, 5) is 42.0. The lowest BCUT2D eigenvalue weighted by Crippen LogP contribution is -2.41. The zero-order valence-electron chi connectivity index (χ0n) is 15.3. The maximum Gasteiger partial charge on any atom is 0.337 e. The van der Waals surface area contributed by atoms with E-state index < -0.39 is 11.6 Å². The van der Waals surface area contributed by atoms with Crippen LogP contribution in [0, 0.1) is 0 Å². The number of carbonyl (C=O) groups excluding carboxylic acids is 1. The standard InChI is InChI=1S/C19H19ClN4O3S/c1-2-22-8-7-13-14(9-22)28-18-16(13)17(26)24(12-5-3-11(20)4-6-12)19(27)23(18)10-15(21)25/h3-6H,2,7-10H2,1H3,(H2,21,25). The van der Waals surface area contributed by atoms with E-state index in [1.807, 2.05) is 0 Å². The van der Waals surface area contributed by atoms with Crippen molar-refractivity contribution in [3.63, 3.8) is 0 Å². The number of amides is 1. The van der Waals surface area contributed by atoms with Gasteiger partial charge in [0.25, 0.3) is 5.56 Å². The Kier molecular flexibility index (Phi) is 4.86. The minimum atomic E-state index is -0.633. The highest BCUT2D eigenvalue weighted by molar-refractivity contribution is 7.18. The van der Waals surface area contributed by atoms with Crippen LogP contribution in [0.3, 0.4) is 0 Å². The van der Waals surface area contributed by atoms with Gasteiger partial charge in [0.05, 0.1) is 11.1 Å². The molecule has 0 aliphatic carbocycles. The normalized spacial score (nSPS) is 14.4. The third-order valence-corrected chi connectivity index (χ3v) is 6.54. The van der Waals surface area contributed by atoms with Gasteiger partial charge in [0.1, 0.15) is 11.4 Å². The van der Waals surface area contributed by atoms with E-state index >= 15 is 0 Å². The fraction of sp³-hybridized carbons (Fsp3) is 0.316. The molecule has 3 aromatic rings. The van der Waals surface area contributed by atoms with Crippen molar-refractivity contribution in [2.75, 3.05) is 13.1 Å². The Morgan fingerprint density at radius 1 is 1.25 bits per heavy atom. The molecule has 0 radical (unpaired) electrons. The Morgan fingerprint density at radius 2 is 1.96 bits per heavy atom. The number of rotatable bonds is 4. The molecule has 2 N–H and O–H groups in total. The summed E-state index contributed by atoms with van der Waals surface area (Å²) in [5.74, 6) is -0.633. The predicted molar refractivity (Wildman–Crippen MR) is 111 cm³/mol. The molecule has 0 bridgehead atoms. The Balaban J connectivity index is 2.06. The molecular formula is C19H19ClN4O3S. The zero-order chi connectivity index (χ0) is 20.0. The number of nitrogens with two attached hydrogens (primary N) is 1. The van der Waals surface area contributed by atoms with Crippen LogP contribution < -0.4 is 17.0 Å². The third kappa shape index (κ3) is 3.07. The summed E-state index contributed by atoms with van der Waals surface area (Å²) < 4.78 is 2.41. The summed E-state index contributed by atoms with van der Waals surface area (Å²) in [5.41, 5.74) is 5.82. The average molecular weight is 419 g/mol. The van der Waals surface area contributed by atoms with Gasteiger partial charge in [-0.25, -0.2) is 9.36 Å². The maximum atomic E-state index is 13.4. The van der Waals surface area contributed by atoms with Gasteiger partial charge in [-0.2, -0.15) is 0 Å². The van der Waals surface area contributed by atoms with Crippen LogP contribution in [0.2, 0.25) is 5.02 Å². The Morgan fingerprint density at radius 3 is 2.61 bits per heavy atom. The van der Waals surface area contributed by atoms with Crippen LogP contribution in [0.4, 0.5) is 0 Å². The summed E-state index contributed by atoms with van der Waals surface area (Å²) in [7, 11) is 0. The fourth-order valence-electron chi connectivity index (χ4n) is 3.64. The summed E-state index contributed by atoms with van der Waals surface area (Å²) in [6.45, 7) is 4.31. The van der Waals surface area contributed by atoms with Crippen molar-refractivity contribution in [1.82, 2.24) is 14.0 Å². The Labute approximate surface area is 169 Å². The number of fused-ring (bicyclic) bond motifs is 3. The number of carbonyl (C=O) groups is 1. The van der Waals surface area contributed by atoms with Crippen LogP contribution in [0.25, 0.3) is 15.9 Å². The van der Waals surface area contributed by atoms with Gasteiger partial charge in [-0.3, -0.25) is 19.1 Å². The quantitative estimate of drug-likeness (QED) is 0.698. The van der Waals surface area contributed by atoms with E-state index in [9.17, 15) is 14.4 Å². The molecule has 28 heavy (non-hydrogen) atoms. The van der Waals surface area contributed by atoms with Crippen LogP contribution in [-0.4, -0.2) is 33.0 Å². The van der Waals surface area contributed by atoms with Gasteiger partial charge in [-0.1, -0.05) is 18.5 Å². The SMILES string of the molecule is CCN1CCc2c(sc3c2c(=O)n(-c2ccc(Cl)cc2)c(=O)n3CC(N)=O)C1. The summed E-state index contributed by atoms with van der Waals surface area (Å²) >= 11 is 7.35. The first-order valence-electron chi connectivity index (χ1n) is 8.97. The minimum absolute atomic E-state index is 0.278. The van der Waals surface area contributed by atoms with Gasteiger partial charge in [-0.15, -0.1) is 11.3 Å². The number of primary amides is 1. The van der Waals surface area contributed by atoms with Crippen LogP contribution in [0.15, 0.2) is 33.9 Å². The summed E-state index contributed by atoms with van der Waals surface area (Å²) in [5, 5.41) is 1.01. The second-order valence-electron chi connectivity index (χ2n) is 6.75. The molecule has 3 heterocycles. The lowest BCUT2D eigenvalue weighted by atomic mass is 10.1. The van der Waals surface area contributed by atoms with Crippen LogP contribution in [0.5, 0.6) is 0 Å². The molecule has 2 aromatic heterocycles. The average Bonchev–Trinajstić information content (AvgIpc) is 3.05. The summed E-state index contributed by atoms with van der Waals surface area (Å²) in [6, 6.07) is 6.47. The molecule has 0 spiro atoms. The fourth-order valence-corrected chi connectivity index (χ4v) is 5.14. The molecule has 1 aromatic carbocycles. The molecule has 1 aliphatic rings. The number of nitrogens with zero attached hydrogens (tertiary/aromatic N) is 3. The monoisotopic (exact) mass is 418 g/mol. The van der Waals surface area contributed by atoms with Crippen molar-refractivity contribution in [3.8, 4) is 5.69 Å². The molecule has 0 saturated heterocycles. The number of benzene rings is 1. The van der Waals surface area contributed by atoms with Crippen molar-refractivity contribution in [2.45, 2.75) is 26.4 Å². The first-order chi connectivity index (χ1) is 13.4. The second-order valence-corrected chi connectivity index (χ2v) is 8.27. The maximum absolute atomic E-state index is 13.4. The molecule has 0 saturated carbocycles. The van der Waals surface area contributed by atoms with E-state index in [-0.39, 0.29) is 12.1 Å². The van der Waals surface area contributed by atoms with E-state index in [0.717, 1.165) is 41.1 Å². The number of thiophene rings is 1. The highest BCUT2D eigenvalue weighted by Crippen LogP contribution is 2.33. The van der Waals surface area contributed by atoms with E-state index in [2.05, 4.69) is 11.8 Å². The van der Waals surface area contributed by atoms with Gasteiger partial charge in [0, 0.05) is 23.0 Å². The number of likely N-dealkylation sites (N-methyl/N-ethyl adjacent to an activating group) is 1. The predicted octanol–water partition coefficient (Wildman–Crippen LogP) is 1.73. The molecule has 9 heteroatoms. The molecule has 0 fully saturated rings. The second kappa shape index (κ2) is 7.20. The van der Waals surface area contributed by atoms with Crippen molar-refractivity contribution in [3.05, 3.63) is 60.6 Å². The van der Waals surface area contributed by atoms with Crippen molar-refractivity contribution in [2.24, 2.45) is 5.73 Å². The molecule has 4 rings (SSSR count). The highest BCUT2D eigenvalue weighted by Gasteiger charge is 2.26. The van der Waals surface area contributed by atoms with Crippen LogP contribution >= 0.6 is 22.9 Å². The lowest BCUT2D eigenvalue weighted by Gasteiger charge is -2.24. The molecule has 0 atom stereocenters. The van der Waals surface area contributed by atoms with E-state index in [0.29, 0.717) is 20.9 Å². The van der Waals surface area contributed by atoms with Crippen LogP contribution in [-0.2, 0) is 24.3 Å². The third-order valence-electron chi connectivity index (χ3n) is 5.05. The van der Waals surface area contributed by atoms with Gasteiger partial charge in [0.15, 0.2) is 0 Å². The van der Waals surface area contributed by atoms with Crippen molar-refractivity contribution < 1.29 is 4.79 Å². The molecule has 1 aliphatic heterocycles. The van der Waals surface area contributed by atoms with Crippen molar-refractivity contribution in [1.29, 1.82) is 0 Å². The Bertz CT molecular complexity index is 1190. The molecular weight excluding hydrogens is 400 g/mol. The zero-order valence-corrected chi connectivity index (χ0v) is 16.8. The van der Waals surface area contributed by atoms with E-state index in [4.69, 9.17) is 17.3 Å². The number of aromatic nitrogens is 2. The molecule has 0 unspecified atom stereocenters. The van der Waals surface area contributed by atoms with E-state index in [1.165, 1.54) is 15.9 Å². The first-order valence-corrected chi connectivity index (χ1v) is 10.2. The highest BCUT2D eigenvalue weighted by atomic mass is 35.5. The van der Waals surface area contributed by atoms with Crippen LogP contribution in [0.1, 0.15) is 17.4 Å². The van der Waals surface area contributed by atoms with Crippen molar-refractivity contribution >= 4 is 39.1 Å². The summed E-state index contributed by atoms with van der Waals surface area (Å²) in [6.07, 6.45) is 0.730. The van der Waals surface area contributed by atoms with Gasteiger partial charge < -0.3 is 5.73 Å². The Hall–Kier alpha value is -2.42. The van der Waals surface area contributed by atoms with E-state index in [1.54, 1.807) is 24.3 Å². The van der Waals surface area contributed by atoms with Gasteiger partial charge in [-0.05, 0) is 42.8 Å². The molecule has 7 nitrogen and oxygen atoms in total. The minimum Gasteiger partial charge on any atom is -0.368 e. The topological polar surface area (TPSA) is 90.3 Å².